The Kier molecular flexibility index (Phi) is 6.25. The second kappa shape index (κ2) is 8.55. The Morgan fingerprint density at radius 1 is 1.30 bits per heavy atom. The van der Waals surface area contributed by atoms with Gasteiger partial charge in [-0.1, -0.05) is 0 Å². The molecule has 2 atom stereocenters. The molecular weight excluding hydrogens is 413 g/mol. The van der Waals surface area contributed by atoms with Gasteiger partial charge in [-0.25, -0.2) is 12.8 Å². The number of rotatable bonds is 6. The standard InChI is InChI=1S/C20H24FN3O5S/c1-12(22-19(26)17-9-14-8-15(21)5-6-16(14)23-17)20(27)24-7-3-4-13(10-24)18(25)11-30(2,28)29/h5-6,8-9,12-13,23H,3-4,7,10-11H2,1-2H3,(H,22,26)/t12-,13+/m1/s1. The van der Waals surface area contributed by atoms with Crippen LogP contribution in [0.5, 0.6) is 0 Å². The van der Waals surface area contributed by atoms with E-state index in [1.807, 2.05) is 0 Å². The number of halogens is 1. The number of sulfone groups is 1. The molecular formula is C20H24FN3O5S. The fraction of sp³-hybridized carbons (Fsp3) is 0.450. The first-order chi connectivity index (χ1) is 14.0. The van der Waals surface area contributed by atoms with Gasteiger partial charge in [0.25, 0.3) is 5.91 Å². The minimum Gasteiger partial charge on any atom is -0.351 e. The molecule has 1 aromatic carbocycles. The van der Waals surface area contributed by atoms with Gasteiger partial charge in [-0.15, -0.1) is 0 Å². The van der Waals surface area contributed by atoms with Crippen LogP contribution >= 0.6 is 0 Å². The number of hydrogen-bond acceptors (Lipinski definition) is 5. The fourth-order valence-electron chi connectivity index (χ4n) is 3.65. The van der Waals surface area contributed by atoms with Gasteiger partial charge in [-0.2, -0.15) is 0 Å². The van der Waals surface area contributed by atoms with Crippen molar-refractivity contribution in [2.75, 3.05) is 25.1 Å². The van der Waals surface area contributed by atoms with Crippen LogP contribution in [0.1, 0.15) is 30.3 Å². The van der Waals surface area contributed by atoms with Crippen molar-refractivity contribution in [2.45, 2.75) is 25.8 Å². The van der Waals surface area contributed by atoms with E-state index in [2.05, 4.69) is 10.3 Å². The van der Waals surface area contributed by atoms with Crippen molar-refractivity contribution in [2.24, 2.45) is 5.92 Å². The fourth-order valence-corrected chi connectivity index (χ4v) is 4.40. The van der Waals surface area contributed by atoms with Crippen LogP contribution in [0.25, 0.3) is 10.9 Å². The van der Waals surface area contributed by atoms with E-state index in [1.54, 1.807) is 6.92 Å². The lowest BCUT2D eigenvalue weighted by Crippen LogP contribution is -2.51. The first-order valence-electron chi connectivity index (χ1n) is 9.62. The SMILES string of the molecule is C[C@@H](NC(=O)c1cc2cc(F)ccc2[nH]1)C(=O)N1CCC[C@H](C(=O)CS(C)(=O)=O)C1. The van der Waals surface area contributed by atoms with Crippen molar-refractivity contribution in [3.8, 4) is 0 Å². The highest BCUT2D eigenvalue weighted by Gasteiger charge is 2.32. The van der Waals surface area contributed by atoms with Gasteiger partial charge in [0, 0.05) is 36.2 Å². The molecule has 8 nitrogen and oxygen atoms in total. The summed E-state index contributed by atoms with van der Waals surface area (Å²) in [7, 11) is -3.42. The van der Waals surface area contributed by atoms with Gasteiger partial charge in [0.05, 0.1) is 0 Å². The number of nitrogens with zero attached hydrogens (tertiary/aromatic N) is 1. The largest absolute Gasteiger partial charge is 0.351 e. The number of carbonyl (C=O) groups excluding carboxylic acids is 3. The highest BCUT2D eigenvalue weighted by atomic mass is 32.2. The molecule has 30 heavy (non-hydrogen) atoms. The number of fused-ring (bicyclic) bond motifs is 1. The van der Waals surface area contributed by atoms with Gasteiger partial charge in [-0.3, -0.25) is 14.4 Å². The minimum atomic E-state index is -3.42. The number of benzene rings is 1. The molecule has 1 aliphatic rings. The molecule has 0 saturated carbocycles. The van der Waals surface area contributed by atoms with Crippen molar-refractivity contribution in [1.29, 1.82) is 0 Å². The average Bonchev–Trinajstić information content (AvgIpc) is 3.09. The summed E-state index contributed by atoms with van der Waals surface area (Å²) >= 11 is 0. The van der Waals surface area contributed by atoms with Crippen LogP contribution in [0, 0.1) is 11.7 Å². The topological polar surface area (TPSA) is 116 Å². The van der Waals surface area contributed by atoms with Crippen molar-refractivity contribution in [1.82, 2.24) is 15.2 Å². The van der Waals surface area contributed by atoms with Crippen LogP contribution in [-0.2, 0) is 19.4 Å². The Morgan fingerprint density at radius 3 is 2.73 bits per heavy atom. The summed E-state index contributed by atoms with van der Waals surface area (Å²) in [6.45, 7) is 2.12. The molecule has 0 aliphatic carbocycles. The number of amides is 2. The van der Waals surface area contributed by atoms with Gasteiger partial charge in [0.15, 0.2) is 15.6 Å². The number of carbonyl (C=O) groups is 3. The minimum absolute atomic E-state index is 0.138. The molecule has 1 saturated heterocycles. The Labute approximate surface area is 173 Å². The maximum absolute atomic E-state index is 13.3. The first kappa shape index (κ1) is 21.9. The first-order valence-corrected chi connectivity index (χ1v) is 11.7. The number of Topliss-reactive ketones (excluding diaryl/α,β-unsaturated/α-hetero) is 1. The van der Waals surface area contributed by atoms with E-state index in [4.69, 9.17) is 0 Å². The quantitative estimate of drug-likeness (QED) is 0.706. The van der Waals surface area contributed by atoms with Crippen LogP contribution < -0.4 is 5.32 Å². The molecule has 2 aromatic rings. The van der Waals surface area contributed by atoms with Crippen molar-refractivity contribution in [3.63, 3.8) is 0 Å². The van der Waals surface area contributed by atoms with Crippen molar-refractivity contribution < 1.29 is 27.2 Å². The number of aromatic amines is 1. The third-order valence-electron chi connectivity index (χ3n) is 5.14. The van der Waals surface area contributed by atoms with Crippen LogP contribution in [0.2, 0.25) is 0 Å². The predicted octanol–water partition coefficient (Wildman–Crippen LogP) is 1.28. The Morgan fingerprint density at radius 2 is 2.03 bits per heavy atom. The number of ketones is 1. The third kappa shape index (κ3) is 5.24. The van der Waals surface area contributed by atoms with Gasteiger partial charge in [0.1, 0.15) is 23.3 Å². The number of nitrogens with one attached hydrogen (secondary N) is 2. The summed E-state index contributed by atoms with van der Waals surface area (Å²) in [5.74, 6) is -2.72. The van der Waals surface area contributed by atoms with E-state index in [0.29, 0.717) is 30.3 Å². The molecule has 162 valence electrons. The zero-order valence-electron chi connectivity index (χ0n) is 16.8. The van der Waals surface area contributed by atoms with Gasteiger partial charge in [-0.05, 0) is 44.0 Å². The molecule has 3 rings (SSSR count). The zero-order chi connectivity index (χ0) is 22.1. The molecule has 0 bridgehead atoms. The van der Waals surface area contributed by atoms with Crippen molar-refractivity contribution >= 4 is 38.3 Å². The molecule has 1 aromatic heterocycles. The lowest BCUT2D eigenvalue weighted by Gasteiger charge is -2.33. The molecule has 0 unspecified atom stereocenters. The smallest absolute Gasteiger partial charge is 0.268 e. The molecule has 2 heterocycles. The monoisotopic (exact) mass is 437 g/mol. The second-order valence-electron chi connectivity index (χ2n) is 7.77. The normalized spacial score (nSPS) is 18.2. The Balaban J connectivity index is 1.62. The van der Waals surface area contributed by atoms with Gasteiger partial charge >= 0.3 is 0 Å². The lowest BCUT2D eigenvalue weighted by atomic mass is 9.94. The van der Waals surface area contributed by atoms with Crippen LogP contribution in [0.4, 0.5) is 4.39 Å². The van der Waals surface area contributed by atoms with E-state index in [-0.39, 0.29) is 18.1 Å². The molecule has 2 amide bonds. The number of piperidine rings is 1. The number of likely N-dealkylation sites (tertiary alicyclic amines) is 1. The molecule has 0 radical (unpaired) electrons. The number of H-pyrrole nitrogens is 1. The summed E-state index contributed by atoms with van der Waals surface area (Å²) in [5.41, 5.74) is 0.805. The maximum atomic E-state index is 13.3. The average molecular weight is 437 g/mol. The molecule has 1 fully saturated rings. The third-order valence-corrected chi connectivity index (χ3v) is 5.95. The van der Waals surface area contributed by atoms with E-state index >= 15 is 0 Å². The van der Waals surface area contributed by atoms with E-state index in [0.717, 1.165) is 6.26 Å². The Hall–Kier alpha value is -2.75. The highest BCUT2D eigenvalue weighted by molar-refractivity contribution is 7.91. The summed E-state index contributed by atoms with van der Waals surface area (Å²) in [5, 5.41) is 3.16. The Bertz CT molecular complexity index is 1100. The number of aromatic nitrogens is 1. The zero-order valence-corrected chi connectivity index (χ0v) is 17.6. The lowest BCUT2D eigenvalue weighted by molar-refractivity contribution is -0.136. The van der Waals surface area contributed by atoms with E-state index < -0.39 is 45.1 Å². The van der Waals surface area contributed by atoms with Gasteiger partial charge in [0.2, 0.25) is 5.91 Å². The maximum Gasteiger partial charge on any atom is 0.268 e. The second-order valence-corrected chi connectivity index (χ2v) is 9.91. The predicted molar refractivity (Wildman–Crippen MR) is 109 cm³/mol. The highest BCUT2D eigenvalue weighted by Crippen LogP contribution is 2.20. The van der Waals surface area contributed by atoms with Gasteiger partial charge < -0.3 is 15.2 Å². The van der Waals surface area contributed by atoms with E-state index in [9.17, 15) is 27.2 Å². The molecule has 0 spiro atoms. The summed E-state index contributed by atoms with van der Waals surface area (Å²) in [6, 6.07) is 4.77. The summed E-state index contributed by atoms with van der Waals surface area (Å²) in [6.07, 6.45) is 2.12. The summed E-state index contributed by atoms with van der Waals surface area (Å²) in [4.78, 5) is 41.8. The van der Waals surface area contributed by atoms with E-state index in [1.165, 1.54) is 29.2 Å². The van der Waals surface area contributed by atoms with Crippen LogP contribution in [0.15, 0.2) is 24.3 Å². The van der Waals surface area contributed by atoms with Crippen LogP contribution in [-0.4, -0.2) is 67.0 Å². The molecule has 10 heteroatoms. The van der Waals surface area contributed by atoms with Crippen LogP contribution in [0.3, 0.4) is 0 Å². The molecule has 1 aliphatic heterocycles. The summed E-state index contributed by atoms with van der Waals surface area (Å²) < 4.78 is 36.1. The molecule has 2 N–H and O–H groups in total. The van der Waals surface area contributed by atoms with Crippen molar-refractivity contribution in [3.05, 3.63) is 35.8 Å². The number of hydrogen-bond donors (Lipinski definition) is 2.